The van der Waals surface area contributed by atoms with Crippen molar-refractivity contribution in [3.63, 3.8) is 0 Å². The third kappa shape index (κ3) is 1.95. The maximum atomic E-state index is 11.0. The van der Waals surface area contributed by atoms with Crippen LogP contribution >= 0.6 is 11.5 Å². The molecule has 0 bridgehead atoms. The minimum atomic E-state index is -1.27. The molecule has 18 heavy (non-hydrogen) atoms. The third-order valence-electron chi connectivity index (χ3n) is 2.79. The van der Waals surface area contributed by atoms with Crippen molar-refractivity contribution < 1.29 is 24.9 Å². The molecule has 1 aliphatic rings. The molecule has 100 valence electrons. The number of primary amides is 1. The fourth-order valence-corrected chi connectivity index (χ4v) is 2.50. The lowest BCUT2D eigenvalue weighted by atomic mass is 10.0. The molecule has 1 aliphatic heterocycles. The first-order valence-electron chi connectivity index (χ1n) is 5.14. The number of anilines is 1. The van der Waals surface area contributed by atoms with Crippen LogP contribution in [0, 0.1) is 0 Å². The number of hydrogen-bond acceptors (Lipinski definition) is 8. The second-order valence-electron chi connectivity index (χ2n) is 3.93. The van der Waals surface area contributed by atoms with E-state index < -0.39 is 36.9 Å². The first-order chi connectivity index (χ1) is 8.47. The number of carbonyl (C=O) groups is 1. The fraction of sp³-hybridized carbons (Fsp3) is 0.556. The van der Waals surface area contributed by atoms with Crippen LogP contribution in [-0.2, 0) is 4.74 Å². The molecule has 1 amide bonds. The smallest absolute Gasteiger partial charge is 0.262 e. The highest BCUT2D eigenvalue weighted by Gasteiger charge is 2.45. The SMILES string of the molecule is NC(=O)c1snc([C@@H]2O[C@H](CO)[C@@H](O)[C@H]2O)c1N. The predicted octanol–water partition coefficient (Wildman–Crippen LogP) is -2.02. The van der Waals surface area contributed by atoms with Gasteiger partial charge in [-0.1, -0.05) is 0 Å². The molecule has 1 aromatic rings. The zero-order chi connectivity index (χ0) is 13.4. The Kier molecular flexibility index (Phi) is 3.50. The largest absolute Gasteiger partial charge is 0.396 e. The number of rotatable bonds is 3. The number of hydrogen-bond donors (Lipinski definition) is 5. The van der Waals surface area contributed by atoms with E-state index in [1.54, 1.807) is 0 Å². The summed E-state index contributed by atoms with van der Waals surface area (Å²) in [6.45, 7) is -0.443. The van der Waals surface area contributed by atoms with Gasteiger partial charge in [-0.15, -0.1) is 0 Å². The van der Waals surface area contributed by atoms with Crippen LogP contribution in [0.1, 0.15) is 21.5 Å². The summed E-state index contributed by atoms with van der Waals surface area (Å²) in [6.07, 6.45) is -4.41. The van der Waals surface area contributed by atoms with Gasteiger partial charge >= 0.3 is 0 Å². The molecule has 0 aromatic carbocycles. The van der Waals surface area contributed by atoms with Crippen LogP contribution in [0.2, 0.25) is 0 Å². The van der Waals surface area contributed by atoms with Crippen LogP contribution in [0.4, 0.5) is 5.69 Å². The molecule has 1 saturated heterocycles. The lowest BCUT2D eigenvalue weighted by Gasteiger charge is -2.12. The number of aliphatic hydroxyl groups excluding tert-OH is 3. The highest BCUT2D eigenvalue weighted by atomic mass is 32.1. The average molecular weight is 275 g/mol. The van der Waals surface area contributed by atoms with Crippen molar-refractivity contribution in [2.24, 2.45) is 5.73 Å². The zero-order valence-electron chi connectivity index (χ0n) is 9.18. The van der Waals surface area contributed by atoms with Crippen molar-refractivity contribution in [3.8, 4) is 0 Å². The maximum absolute atomic E-state index is 11.0. The second kappa shape index (κ2) is 4.78. The highest BCUT2D eigenvalue weighted by Crippen LogP contribution is 2.37. The summed E-state index contributed by atoms with van der Waals surface area (Å²) >= 11 is 0.798. The molecule has 0 radical (unpaired) electrons. The average Bonchev–Trinajstić information content (AvgIpc) is 2.82. The first kappa shape index (κ1) is 13.2. The van der Waals surface area contributed by atoms with Gasteiger partial charge in [-0.25, -0.2) is 0 Å². The molecule has 0 unspecified atom stereocenters. The van der Waals surface area contributed by atoms with Crippen LogP contribution in [0.5, 0.6) is 0 Å². The van der Waals surface area contributed by atoms with Gasteiger partial charge in [0.05, 0.1) is 12.3 Å². The Bertz CT molecular complexity index is 465. The molecule has 0 spiro atoms. The van der Waals surface area contributed by atoms with Crippen molar-refractivity contribution in [3.05, 3.63) is 10.6 Å². The van der Waals surface area contributed by atoms with Gasteiger partial charge in [0, 0.05) is 0 Å². The Hall–Kier alpha value is -1.26. The Morgan fingerprint density at radius 1 is 1.44 bits per heavy atom. The number of amides is 1. The quantitative estimate of drug-likeness (QED) is 0.427. The van der Waals surface area contributed by atoms with E-state index in [0.717, 1.165) is 11.5 Å². The van der Waals surface area contributed by atoms with Gasteiger partial charge in [-0.05, 0) is 11.5 Å². The summed E-state index contributed by atoms with van der Waals surface area (Å²) in [5, 5.41) is 28.4. The van der Waals surface area contributed by atoms with E-state index in [4.69, 9.17) is 21.3 Å². The number of ether oxygens (including phenoxy) is 1. The van der Waals surface area contributed by atoms with Crippen LogP contribution in [0.3, 0.4) is 0 Å². The van der Waals surface area contributed by atoms with Crippen molar-refractivity contribution in [2.45, 2.75) is 24.4 Å². The Balaban J connectivity index is 2.30. The number of nitrogens with zero attached hydrogens (tertiary/aromatic N) is 1. The van der Waals surface area contributed by atoms with Crippen LogP contribution in [0.25, 0.3) is 0 Å². The topological polar surface area (TPSA) is 152 Å². The summed E-state index contributed by atoms with van der Waals surface area (Å²) in [7, 11) is 0. The van der Waals surface area contributed by atoms with Gasteiger partial charge in [-0.2, -0.15) is 4.37 Å². The maximum Gasteiger partial charge on any atom is 0.262 e. The van der Waals surface area contributed by atoms with E-state index in [-0.39, 0.29) is 16.3 Å². The lowest BCUT2D eigenvalue weighted by Crippen LogP contribution is -2.32. The number of nitrogens with two attached hydrogens (primary N) is 2. The van der Waals surface area contributed by atoms with Gasteiger partial charge in [0.25, 0.3) is 5.91 Å². The first-order valence-corrected chi connectivity index (χ1v) is 5.92. The van der Waals surface area contributed by atoms with Crippen LogP contribution in [0.15, 0.2) is 0 Å². The van der Waals surface area contributed by atoms with Crippen LogP contribution < -0.4 is 11.5 Å². The van der Waals surface area contributed by atoms with E-state index in [0.29, 0.717) is 0 Å². The van der Waals surface area contributed by atoms with Crippen LogP contribution in [-0.4, -0.2) is 50.5 Å². The van der Waals surface area contributed by atoms with E-state index in [9.17, 15) is 15.0 Å². The number of nitrogen functional groups attached to an aromatic ring is 1. The third-order valence-corrected chi connectivity index (χ3v) is 3.68. The van der Waals surface area contributed by atoms with Gasteiger partial charge in [-0.3, -0.25) is 4.79 Å². The number of aliphatic hydroxyl groups is 3. The molecule has 8 nitrogen and oxygen atoms in total. The van der Waals surface area contributed by atoms with Gasteiger partial charge in [0.15, 0.2) is 0 Å². The summed E-state index contributed by atoms with van der Waals surface area (Å²) in [5.74, 6) is -0.719. The number of carbonyl (C=O) groups excluding carboxylic acids is 1. The van der Waals surface area contributed by atoms with E-state index >= 15 is 0 Å². The van der Waals surface area contributed by atoms with Gasteiger partial charge in [0.1, 0.15) is 35.0 Å². The number of aromatic nitrogens is 1. The predicted molar refractivity (Wildman–Crippen MR) is 61.8 cm³/mol. The van der Waals surface area contributed by atoms with Crippen molar-refractivity contribution >= 4 is 23.1 Å². The van der Waals surface area contributed by atoms with E-state index in [1.807, 2.05) is 0 Å². The minimum absolute atomic E-state index is 0.0299. The minimum Gasteiger partial charge on any atom is -0.396 e. The molecule has 0 saturated carbocycles. The molecule has 0 aliphatic carbocycles. The second-order valence-corrected chi connectivity index (χ2v) is 4.71. The summed E-state index contributed by atoms with van der Waals surface area (Å²) in [4.78, 5) is 11.1. The Morgan fingerprint density at radius 2 is 2.11 bits per heavy atom. The van der Waals surface area contributed by atoms with E-state index in [1.165, 1.54) is 0 Å². The van der Waals surface area contributed by atoms with Crippen molar-refractivity contribution in [1.29, 1.82) is 0 Å². The molecule has 4 atom stereocenters. The Labute approximate surface area is 106 Å². The monoisotopic (exact) mass is 275 g/mol. The van der Waals surface area contributed by atoms with Gasteiger partial charge < -0.3 is 31.5 Å². The van der Waals surface area contributed by atoms with E-state index in [2.05, 4.69) is 4.37 Å². The molecule has 7 N–H and O–H groups in total. The zero-order valence-corrected chi connectivity index (χ0v) is 10.0. The normalized spacial score (nSPS) is 31.7. The van der Waals surface area contributed by atoms with Crippen molar-refractivity contribution in [1.82, 2.24) is 4.37 Å². The lowest BCUT2D eigenvalue weighted by molar-refractivity contribution is -0.0234. The molecular weight excluding hydrogens is 262 g/mol. The summed E-state index contributed by atoms with van der Waals surface area (Å²) in [6, 6.07) is 0. The Morgan fingerprint density at radius 3 is 2.56 bits per heavy atom. The molecule has 9 heteroatoms. The summed E-state index contributed by atoms with van der Waals surface area (Å²) < 4.78 is 9.17. The fourth-order valence-electron chi connectivity index (χ4n) is 1.82. The molecular formula is C9H13N3O5S. The molecule has 2 heterocycles. The van der Waals surface area contributed by atoms with Crippen molar-refractivity contribution in [2.75, 3.05) is 12.3 Å². The molecule has 1 aromatic heterocycles. The summed E-state index contributed by atoms with van der Waals surface area (Å²) in [5.41, 5.74) is 11.0. The molecule has 2 rings (SSSR count). The van der Waals surface area contributed by atoms with Gasteiger partial charge in [0.2, 0.25) is 0 Å². The highest BCUT2D eigenvalue weighted by molar-refractivity contribution is 7.08. The standard InChI is InChI=1S/C9H13N3O5S/c10-3-4(12-18-8(3)9(11)16)7-6(15)5(14)2(1-13)17-7/h2,5-7,13-15H,1,10H2,(H2,11,16)/t2-,5-,6-,7+/m1/s1. The molecule has 1 fully saturated rings.